The fraction of sp³-hybridized carbons (Fsp3) is 0.355. The summed E-state index contributed by atoms with van der Waals surface area (Å²) >= 11 is 0. The van der Waals surface area contributed by atoms with E-state index in [0.29, 0.717) is 24.2 Å². The van der Waals surface area contributed by atoms with Gasteiger partial charge in [0.25, 0.3) is 5.91 Å². The second kappa shape index (κ2) is 10.5. The van der Waals surface area contributed by atoms with Gasteiger partial charge in [-0.05, 0) is 66.4 Å². The molecular formula is C31H34N2O4. The third kappa shape index (κ3) is 5.17. The average molecular weight is 499 g/mol. The van der Waals surface area contributed by atoms with Crippen molar-refractivity contribution in [1.29, 1.82) is 0 Å². The first-order valence-electron chi connectivity index (χ1n) is 13.0. The Hall–Kier alpha value is -3.48. The monoisotopic (exact) mass is 498 g/mol. The van der Waals surface area contributed by atoms with Gasteiger partial charge in [-0.25, -0.2) is 0 Å². The van der Waals surface area contributed by atoms with Crippen LogP contribution in [0.5, 0.6) is 5.75 Å². The molecule has 3 aromatic rings. The number of piperidine rings is 1. The van der Waals surface area contributed by atoms with Gasteiger partial charge in [0.15, 0.2) is 0 Å². The molecule has 6 nitrogen and oxygen atoms in total. The maximum Gasteiger partial charge on any atom is 0.308 e. The number of carbonyl (C=O) groups excluding carboxylic acids is 2. The van der Waals surface area contributed by atoms with Gasteiger partial charge >= 0.3 is 5.97 Å². The van der Waals surface area contributed by atoms with Crippen molar-refractivity contribution in [2.75, 3.05) is 19.6 Å². The Balaban J connectivity index is 1.44. The van der Waals surface area contributed by atoms with Gasteiger partial charge < -0.3 is 15.2 Å². The van der Waals surface area contributed by atoms with E-state index in [9.17, 15) is 14.7 Å². The summed E-state index contributed by atoms with van der Waals surface area (Å²) in [6.45, 7) is 7.66. The fourth-order valence-electron chi connectivity index (χ4n) is 6.38. The molecule has 1 saturated heterocycles. The summed E-state index contributed by atoms with van der Waals surface area (Å²) in [6.07, 6.45) is 3.35. The molecule has 192 valence electrons. The SMILES string of the molecule is C=CCN1CC[C@@]2(c3cccc(OC(C)=O)c3)C[C@H](NC(=O)c3ccc4ccccc4c3)CC(O)[C@@H]2C1. The molecule has 1 heterocycles. The van der Waals surface area contributed by atoms with Crippen molar-refractivity contribution >= 4 is 22.6 Å². The van der Waals surface area contributed by atoms with Crippen LogP contribution in [0.25, 0.3) is 10.8 Å². The Morgan fingerprint density at radius 2 is 1.95 bits per heavy atom. The molecule has 0 aromatic heterocycles. The molecule has 6 heteroatoms. The van der Waals surface area contributed by atoms with E-state index >= 15 is 0 Å². The van der Waals surface area contributed by atoms with Gasteiger partial charge in [0, 0.05) is 43.0 Å². The average Bonchev–Trinajstić information content (AvgIpc) is 2.89. The van der Waals surface area contributed by atoms with Crippen LogP contribution in [0.15, 0.2) is 79.4 Å². The number of rotatable bonds is 6. The van der Waals surface area contributed by atoms with Crippen LogP contribution >= 0.6 is 0 Å². The number of nitrogens with zero attached hydrogens (tertiary/aromatic N) is 1. The van der Waals surface area contributed by atoms with Crippen molar-refractivity contribution in [1.82, 2.24) is 10.2 Å². The van der Waals surface area contributed by atoms with E-state index in [1.807, 2.05) is 60.7 Å². The Bertz CT molecular complexity index is 1320. The Morgan fingerprint density at radius 3 is 2.73 bits per heavy atom. The highest BCUT2D eigenvalue weighted by Crippen LogP contribution is 2.49. The molecule has 2 aliphatic rings. The Kier molecular flexibility index (Phi) is 7.13. The fourth-order valence-corrected chi connectivity index (χ4v) is 6.38. The molecule has 2 fully saturated rings. The maximum absolute atomic E-state index is 13.3. The van der Waals surface area contributed by atoms with E-state index in [-0.39, 0.29) is 29.3 Å². The van der Waals surface area contributed by atoms with Gasteiger partial charge in [0.05, 0.1) is 6.10 Å². The number of fused-ring (bicyclic) bond motifs is 2. The van der Waals surface area contributed by atoms with Crippen LogP contribution < -0.4 is 10.1 Å². The molecule has 1 aliphatic heterocycles. The number of amides is 1. The lowest BCUT2D eigenvalue weighted by molar-refractivity contribution is -0.131. The van der Waals surface area contributed by atoms with Crippen molar-refractivity contribution in [2.24, 2.45) is 5.92 Å². The van der Waals surface area contributed by atoms with Gasteiger partial charge in [0.2, 0.25) is 0 Å². The molecule has 1 aliphatic carbocycles. The Morgan fingerprint density at radius 1 is 1.14 bits per heavy atom. The maximum atomic E-state index is 13.3. The molecular weight excluding hydrogens is 464 g/mol. The molecule has 0 bridgehead atoms. The molecule has 5 rings (SSSR count). The first-order valence-corrected chi connectivity index (χ1v) is 13.0. The number of carbonyl (C=O) groups is 2. The van der Waals surface area contributed by atoms with Crippen LogP contribution in [0.4, 0.5) is 0 Å². The van der Waals surface area contributed by atoms with Crippen molar-refractivity contribution in [3.8, 4) is 5.75 Å². The lowest BCUT2D eigenvalue weighted by atomic mass is 9.57. The second-order valence-electron chi connectivity index (χ2n) is 10.4. The highest BCUT2D eigenvalue weighted by molar-refractivity contribution is 5.98. The molecule has 0 spiro atoms. The number of aliphatic hydroxyl groups is 1. The lowest BCUT2D eigenvalue weighted by Crippen LogP contribution is -2.61. The third-order valence-electron chi connectivity index (χ3n) is 8.04. The minimum Gasteiger partial charge on any atom is -0.427 e. The lowest BCUT2D eigenvalue weighted by Gasteiger charge is -2.54. The predicted molar refractivity (Wildman–Crippen MR) is 145 cm³/mol. The van der Waals surface area contributed by atoms with Gasteiger partial charge in [-0.15, -0.1) is 6.58 Å². The van der Waals surface area contributed by atoms with Gasteiger partial charge in [-0.3, -0.25) is 14.5 Å². The summed E-state index contributed by atoms with van der Waals surface area (Å²) in [4.78, 5) is 27.2. The van der Waals surface area contributed by atoms with Crippen LogP contribution in [0.2, 0.25) is 0 Å². The van der Waals surface area contributed by atoms with Crippen LogP contribution in [-0.4, -0.2) is 53.7 Å². The smallest absolute Gasteiger partial charge is 0.308 e. The molecule has 37 heavy (non-hydrogen) atoms. The number of nitrogens with one attached hydrogen (secondary N) is 1. The topological polar surface area (TPSA) is 78.9 Å². The molecule has 1 unspecified atom stereocenters. The predicted octanol–water partition coefficient (Wildman–Crippen LogP) is 4.46. The number of benzene rings is 3. The standard InChI is InChI=1S/C31H34N2O4/c1-3-14-33-15-13-31(25-9-6-10-27(17-25)37-21(2)34)19-26(18-29(35)28(31)20-33)32-30(36)24-12-11-22-7-4-5-8-23(22)16-24/h3-12,16-17,26,28-29,35H,1,13-15,18-20H2,2H3,(H,32,36)/t26-,28+,29?,31+/m1/s1. The van der Waals surface area contributed by atoms with E-state index in [0.717, 1.165) is 42.4 Å². The summed E-state index contributed by atoms with van der Waals surface area (Å²) in [5.41, 5.74) is 1.30. The zero-order valence-corrected chi connectivity index (χ0v) is 21.2. The van der Waals surface area contributed by atoms with E-state index in [2.05, 4.69) is 22.9 Å². The van der Waals surface area contributed by atoms with Crippen molar-refractivity contribution in [3.63, 3.8) is 0 Å². The number of esters is 1. The van der Waals surface area contributed by atoms with Crippen LogP contribution in [0, 0.1) is 5.92 Å². The zero-order valence-electron chi connectivity index (χ0n) is 21.2. The molecule has 1 amide bonds. The molecule has 4 atom stereocenters. The highest BCUT2D eigenvalue weighted by Gasteiger charge is 2.52. The van der Waals surface area contributed by atoms with Gasteiger partial charge in [0.1, 0.15) is 5.75 Å². The third-order valence-corrected chi connectivity index (χ3v) is 8.04. The van der Waals surface area contributed by atoms with Gasteiger partial charge in [-0.1, -0.05) is 48.5 Å². The van der Waals surface area contributed by atoms with E-state index in [1.165, 1.54) is 6.92 Å². The first kappa shape index (κ1) is 25.2. The first-order chi connectivity index (χ1) is 17.9. The summed E-state index contributed by atoms with van der Waals surface area (Å²) in [6, 6.07) is 21.2. The van der Waals surface area contributed by atoms with E-state index in [4.69, 9.17) is 4.74 Å². The summed E-state index contributed by atoms with van der Waals surface area (Å²) < 4.78 is 5.40. The number of aliphatic hydroxyl groups excluding tert-OH is 1. The van der Waals surface area contributed by atoms with Crippen molar-refractivity contribution in [2.45, 2.75) is 43.7 Å². The molecule has 1 saturated carbocycles. The molecule has 0 radical (unpaired) electrons. The second-order valence-corrected chi connectivity index (χ2v) is 10.4. The molecule has 2 N–H and O–H groups in total. The number of hydrogen-bond acceptors (Lipinski definition) is 5. The largest absolute Gasteiger partial charge is 0.427 e. The Labute approximate surface area is 217 Å². The van der Waals surface area contributed by atoms with Crippen LogP contribution in [-0.2, 0) is 10.2 Å². The quantitative estimate of drug-likeness (QED) is 0.298. The zero-order chi connectivity index (χ0) is 26.0. The number of likely N-dealkylation sites (tertiary alicyclic amines) is 1. The van der Waals surface area contributed by atoms with Crippen LogP contribution in [0.3, 0.4) is 0 Å². The number of hydrogen-bond donors (Lipinski definition) is 2. The van der Waals surface area contributed by atoms with E-state index < -0.39 is 6.10 Å². The van der Waals surface area contributed by atoms with E-state index in [1.54, 1.807) is 6.07 Å². The van der Waals surface area contributed by atoms with Crippen molar-refractivity contribution < 1.29 is 19.4 Å². The van der Waals surface area contributed by atoms with Crippen molar-refractivity contribution in [3.05, 3.63) is 90.5 Å². The van der Waals surface area contributed by atoms with Crippen LogP contribution in [0.1, 0.15) is 42.1 Å². The summed E-state index contributed by atoms with van der Waals surface area (Å²) in [7, 11) is 0. The highest BCUT2D eigenvalue weighted by atomic mass is 16.5. The summed E-state index contributed by atoms with van der Waals surface area (Å²) in [5, 5.41) is 16.8. The van der Waals surface area contributed by atoms with Gasteiger partial charge in [-0.2, -0.15) is 0 Å². The number of ether oxygens (including phenoxy) is 1. The minimum atomic E-state index is -0.583. The summed E-state index contributed by atoms with van der Waals surface area (Å²) in [5.74, 6) is -0.00317. The normalized spacial score (nSPS) is 25.7. The molecule has 3 aromatic carbocycles. The minimum absolute atomic E-state index is 0.0115.